The van der Waals surface area contributed by atoms with Gasteiger partial charge in [0.1, 0.15) is 0 Å². The Labute approximate surface area is 131 Å². The minimum atomic E-state index is -4.39. The summed E-state index contributed by atoms with van der Waals surface area (Å²) >= 11 is 0. The number of aromatic nitrogens is 2. The molecule has 2 heterocycles. The number of alkyl halides is 3. The molecule has 0 bridgehead atoms. The van der Waals surface area contributed by atoms with Crippen LogP contribution in [0, 0.1) is 13.8 Å². The Bertz CT molecular complexity index is 788. The topological polar surface area (TPSA) is 56.2 Å². The zero-order valence-corrected chi connectivity index (χ0v) is 12.9. The molecule has 2 N–H and O–H groups in total. The molecule has 0 radical (unpaired) electrons. The fraction of sp³-hybridized carbons (Fsp3) is 0.375. The van der Waals surface area contributed by atoms with Gasteiger partial charge in [-0.1, -0.05) is 0 Å². The molecule has 0 fully saturated rings. The lowest BCUT2D eigenvalue weighted by Gasteiger charge is -2.14. The van der Waals surface area contributed by atoms with Crippen LogP contribution >= 0.6 is 0 Å². The molecule has 7 heteroatoms. The molecule has 0 amide bonds. The number of aryl methyl sites for hydroxylation is 1. The smallest absolute Gasteiger partial charge is 0.329 e. The number of benzene rings is 1. The normalized spacial score (nSPS) is 13.7. The lowest BCUT2D eigenvalue weighted by atomic mass is 9.93. The number of aliphatic imine (C=N–C) groups is 1. The summed E-state index contributed by atoms with van der Waals surface area (Å²) in [5, 5.41) is 4.40. The largest absolute Gasteiger partial charge is 0.416 e. The summed E-state index contributed by atoms with van der Waals surface area (Å²) in [7, 11) is 0. The van der Waals surface area contributed by atoms with Gasteiger partial charge in [-0.15, -0.1) is 0 Å². The van der Waals surface area contributed by atoms with Gasteiger partial charge in [0.05, 0.1) is 24.3 Å². The third-order valence-electron chi connectivity index (χ3n) is 4.07. The molecule has 0 spiro atoms. The van der Waals surface area contributed by atoms with E-state index in [-0.39, 0.29) is 6.54 Å². The molecule has 1 aliphatic heterocycles. The summed E-state index contributed by atoms with van der Waals surface area (Å²) in [5.74, 6) is 0. The number of halogens is 3. The maximum absolute atomic E-state index is 13.2. The number of rotatable bonds is 3. The molecule has 1 aromatic carbocycles. The van der Waals surface area contributed by atoms with Crippen molar-refractivity contribution in [1.29, 1.82) is 0 Å². The molecule has 0 unspecified atom stereocenters. The molecule has 0 aliphatic carbocycles. The third-order valence-corrected chi connectivity index (χ3v) is 4.07. The van der Waals surface area contributed by atoms with Crippen LogP contribution in [0.25, 0.3) is 11.1 Å². The molecule has 1 aliphatic rings. The lowest BCUT2D eigenvalue weighted by Crippen LogP contribution is -2.12. The summed E-state index contributed by atoms with van der Waals surface area (Å²) in [6, 6.07) is 2.38. The first-order chi connectivity index (χ1) is 10.8. The Kier molecular flexibility index (Phi) is 3.75. The molecule has 3 rings (SSSR count). The van der Waals surface area contributed by atoms with Gasteiger partial charge >= 0.3 is 6.18 Å². The number of hydrogen-bond donors (Lipinski definition) is 1. The van der Waals surface area contributed by atoms with Crippen molar-refractivity contribution < 1.29 is 13.2 Å². The monoisotopic (exact) mass is 322 g/mol. The van der Waals surface area contributed by atoms with Crippen molar-refractivity contribution in [3.63, 3.8) is 0 Å². The average Bonchev–Trinajstić information content (AvgIpc) is 3.03. The van der Waals surface area contributed by atoms with Gasteiger partial charge in [0, 0.05) is 29.6 Å². The van der Waals surface area contributed by atoms with Crippen molar-refractivity contribution in [2.24, 2.45) is 10.7 Å². The molecule has 0 atom stereocenters. The number of hydrogen-bond acceptors (Lipinski definition) is 3. The predicted octanol–water partition coefficient (Wildman–Crippen LogP) is 3.08. The van der Waals surface area contributed by atoms with Gasteiger partial charge in [-0.3, -0.25) is 9.67 Å². The first-order valence-electron chi connectivity index (χ1n) is 7.31. The fourth-order valence-electron chi connectivity index (χ4n) is 3.03. The summed E-state index contributed by atoms with van der Waals surface area (Å²) in [6.07, 6.45) is -2.74. The summed E-state index contributed by atoms with van der Waals surface area (Å²) in [4.78, 5) is 4.12. The Hall–Kier alpha value is -2.15. The summed E-state index contributed by atoms with van der Waals surface area (Å²) in [6.45, 7) is 4.88. The number of nitrogens with zero attached hydrogens (tertiary/aromatic N) is 3. The van der Waals surface area contributed by atoms with Crippen LogP contribution in [-0.4, -0.2) is 22.5 Å². The van der Waals surface area contributed by atoms with E-state index in [0.717, 1.165) is 16.8 Å². The van der Waals surface area contributed by atoms with Crippen LogP contribution in [0.4, 0.5) is 13.2 Å². The predicted molar refractivity (Wildman–Crippen MR) is 82.5 cm³/mol. The number of nitrogens with two attached hydrogens (primary N) is 1. The zero-order valence-electron chi connectivity index (χ0n) is 12.9. The van der Waals surface area contributed by atoms with Gasteiger partial charge in [-0.05, 0) is 37.1 Å². The molecule has 23 heavy (non-hydrogen) atoms. The molecular formula is C16H17F3N4. The van der Waals surface area contributed by atoms with Crippen molar-refractivity contribution in [2.75, 3.05) is 6.54 Å². The second kappa shape index (κ2) is 5.49. The molecule has 122 valence electrons. The van der Waals surface area contributed by atoms with E-state index < -0.39 is 11.7 Å². The highest BCUT2D eigenvalue weighted by molar-refractivity contribution is 5.95. The van der Waals surface area contributed by atoms with Crippen molar-refractivity contribution in [1.82, 2.24) is 9.78 Å². The van der Waals surface area contributed by atoms with Crippen LogP contribution in [0.15, 0.2) is 17.1 Å². The Morgan fingerprint density at radius 3 is 2.65 bits per heavy atom. The van der Waals surface area contributed by atoms with E-state index >= 15 is 0 Å². The highest BCUT2D eigenvalue weighted by atomic mass is 19.4. The second-order valence-corrected chi connectivity index (χ2v) is 5.62. The van der Waals surface area contributed by atoms with E-state index in [1.807, 2.05) is 6.92 Å². The van der Waals surface area contributed by atoms with Gasteiger partial charge in [0.2, 0.25) is 0 Å². The molecule has 1 aromatic heterocycles. The van der Waals surface area contributed by atoms with Crippen LogP contribution in [0.2, 0.25) is 0 Å². The SMILES string of the molecule is Cc1nn(CCN)c(C)c1-c1cc(C(F)(F)F)cc2c1C=NC2. The van der Waals surface area contributed by atoms with Crippen molar-refractivity contribution >= 4 is 6.21 Å². The minimum absolute atomic E-state index is 0.279. The Morgan fingerprint density at radius 2 is 2.00 bits per heavy atom. The Morgan fingerprint density at radius 1 is 1.26 bits per heavy atom. The molecule has 2 aromatic rings. The van der Waals surface area contributed by atoms with E-state index in [9.17, 15) is 13.2 Å². The second-order valence-electron chi connectivity index (χ2n) is 5.62. The number of fused-ring (bicyclic) bond motifs is 1. The average molecular weight is 322 g/mol. The maximum Gasteiger partial charge on any atom is 0.416 e. The molecular weight excluding hydrogens is 305 g/mol. The van der Waals surface area contributed by atoms with Gasteiger partial charge < -0.3 is 5.73 Å². The standard InChI is InChI=1S/C16H17F3N4/c1-9-15(10(2)23(22-9)4-3-20)13-6-12(16(17,18)19)5-11-7-21-8-14(11)13/h5-6,8H,3-4,7,20H2,1-2H3. The minimum Gasteiger partial charge on any atom is -0.329 e. The lowest BCUT2D eigenvalue weighted by molar-refractivity contribution is -0.137. The van der Waals surface area contributed by atoms with Crippen molar-refractivity contribution in [2.45, 2.75) is 33.1 Å². The van der Waals surface area contributed by atoms with Gasteiger partial charge in [0.15, 0.2) is 0 Å². The van der Waals surface area contributed by atoms with Crippen LogP contribution < -0.4 is 5.73 Å². The zero-order chi connectivity index (χ0) is 16.8. The van der Waals surface area contributed by atoms with E-state index in [0.29, 0.717) is 29.9 Å². The van der Waals surface area contributed by atoms with E-state index in [1.54, 1.807) is 17.8 Å². The maximum atomic E-state index is 13.2. The van der Waals surface area contributed by atoms with Crippen molar-refractivity contribution in [3.05, 3.63) is 40.2 Å². The van der Waals surface area contributed by atoms with Crippen LogP contribution in [0.1, 0.15) is 28.1 Å². The summed E-state index contributed by atoms with van der Waals surface area (Å²) in [5.41, 5.74) is 9.04. The highest BCUT2D eigenvalue weighted by Crippen LogP contribution is 2.38. The fourth-order valence-corrected chi connectivity index (χ4v) is 3.03. The van der Waals surface area contributed by atoms with E-state index in [2.05, 4.69) is 10.1 Å². The van der Waals surface area contributed by atoms with Gasteiger partial charge in [-0.2, -0.15) is 18.3 Å². The third kappa shape index (κ3) is 2.65. The first-order valence-corrected chi connectivity index (χ1v) is 7.31. The quantitative estimate of drug-likeness (QED) is 0.944. The first kappa shape index (κ1) is 15.7. The van der Waals surface area contributed by atoms with Crippen LogP contribution in [0.3, 0.4) is 0 Å². The molecule has 0 saturated carbocycles. The summed E-state index contributed by atoms with van der Waals surface area (Å²) < 4.78 is 41.3. The van der Waals surface area contributed by atoms with E-state index in [4.69, 9.17) is 5.73 Å². The molecule has 0 saturated heterocycles. The highest BCUT2D eigenvalue weighted by Gasteiger charge is 2.33. The molecule has 4 nitrogen and oxygen atoms in total. The van der Waals surface area contributed by atoms with Crippen molar-refractivity contribution in [3.8, 4) is 11.1 Å². The Balaban J connectivity index is 2.24. The van der Waals surface area contributed by atoms with Crippen LogP contribution in [-0.2, 0) is 19.3 Å². The van der Waals surface area contributed by atoms with E-state index in [1.165, 1.54) is 12.1 Å². The van der Waals surface area contributed by atoms with Crippen LogP contribution in [0.5, 0.6) is 0 Å². The van der Waals surface area contributed by atoms with Gasteiger partial charge in [0.25, 0.3) is 0 Å². The van der Waals surface area contributed by atoms with Gasteiger partial charge in [-0.25, -0.2) is 0 Å².